The van der Waals surface area contributed by atoms with Gasteiger partial charge in [0.1, 0.15) is 0 Å². The summed E-state index contributed by atoms with van der Waals surface area (Å²) in [5.41, 5.74) is 50.0. The van der Waals surface area contributed by atoms with Crippen LogP contribution < -0.4 is 0 Å². The topological polar surface area (TPSA) is 129 Å². The molecule has 11 aromatic carbocycles. The Morgan fingerprint density at radius 3 is 0.786 bits per heavy atom. The monoisotopic (exact) mass is 1810 g/mol. The molecule has 21 rings (SSSR count). The van der Waals surface area contributed by atoms with E-state index in [2.05, 4.69) is 413 Å². The largest absolute Gasteiger partial charge is 0.255 e. The Morgan fingerprint density at radius 1 is 0.121 bits per heavy atom. The van der Waals surface area contributed by atoms with Crippen LogP contribution in [0.25, 0.3) is 180 Å². The molecule has 10 heterocycles. The molecule has 0 saturated carbocycles. The van der Waals surface area contributed by atoms with Crippen molar-refractivity contribution in [2.75, 3.05) is 0 Å². The number of aromatic nitrogens is 10. The summed E-state index contributed by atoms with van der Waals surface area (Å²) in [5, 5.41) is 0. The number of hydrogen-bond donors (Lipinski definition) is 0. The zero-order valence-electron chi connectivity index (χ0n) is 81.9. The van der Waals surface area contributed by atoms with E-state index in [1.165, 1.54) is 106 Å². The van der Waals surface area contributed by atoms with Gasteiger partial charge < -0.3 is 0 Å². The van der Waals surface area contributed by atoms with Gasteiger partial charge in [-0.1, -0.05) is 294 Å². The third-order valence-corrected chi connectivity index (χ3v) is 24.8. The quantitative estimate of drug-likeness (QED) is 0.0922. The van der Waals surface area contributed by atoms with Gasteiger partial charge >= 0.3 is 0 Å². The van der Waals surface area contributed by atoms with Crippen molar-refractivity contribution >= 4 is 0 Å². The molecule has 0 fully saturated rings. The van der Waals surface area contributed by atoms with Gasteiger partial charge in [-0.05, 0) is 333 Å². The van der Waals surface area contributed by atoms with Gasteiger partial charge in [0.05, 0.1) is 96.8 Å². The van der Waals surface area contributed by atoms with E-state index >= 15 is 0 Å². The van der Waals surface area contributed by atoms with Gasteiger partial charge in [-0.25, -0.2) is 34.9 Å². The summed E-state index contributed by atoms with van der Waals surface area (Å²) in [7, 11) is 0. The minimum absolute atomic E-state index is 0.856. The highest BCUT2D eigenvalue weighted by atomic mass is 14.8. The molecule has 0 aliphatic rings. The van der Waals surface area contributed by atoms with Crippen LogP contribution in [0, 0.1) is 96.9 Å². The lowest BCUT2D eigenvalue weighted by atomic mass is 9.96. The Hall–Kier alpha value is -17.1. The Morgan fingerprint density at radius 2 is 0.386 bits per heavy atom. The number of hydrogen-bond acceptors (Lipinski definition) is 10. The van der Waals surface area contributed by atoms with Gasteiger partial charge in [-0.2, -0.15) is 0 Å². The molecule has 0 N–H and O–H groups in total. The Bertz CT molecular complexity index is 7700. The van der Waals surface area contributed by atoms with Crippen LogP contribution in [0.1, 0.15) is 78.1 Å². The molecule has 0 spiro atoms. The van der Waals surface area contributed by atoms with Crippen LogP contribution >= 0.6 is 0 Å². The maximum absolute atomic E-state index is 5.17. The predicted molar refractivity (Wildman–Crippen MR) is 583 cm³/mol. The van der Waals surface area contributed by atoms with Crippen molar-refractivity contribution in [1.29, 1.82) is 0 Å². The molecule has 0 saturated heterocycles. The fourth-order valence-corrected chi connectivity index (χ4v) is 17.1. The molecule has 682 valence electrons. The van der Waals surface area contributed by atoms with Gasteiger partial charge in [-0.3, -0.25) is 15.0 Å². The molecule has 21 aromatic rings. The molecule has 10 nitrogen and oxygen atoms in total. The maximum Gasteiger partial charge on any atom is 0.0900 e. The summed E-state index contributed by atoms with van der Waals surface area (Å²) in [6.45, 7) is 29.5. The van der Waals surface area contributed by atoms with Gasteiger partial charge in [0, 0.05) is 56.5 Å². The Labute approximate surface area is 824 Å². The lowest BCUT2D eigenvalue weighted by Crippen LogP contribution is -1.96. The summed E-state index contributed by atoms with van der Waals surface area (Å²) in [6, 6.07) is 145. The normalized spacial score (nSPS) is 10.8. The minimum Gasteiger partial charge on any atom is -0.255 e. The fourth-order valence-electron chi connectivity index (χ4n) is 17.1. The van der Waals surface area contributed by atoms with Crippen LogP contribution in [-0.4, -0.2) is 49.8 Å². The second-order valence-electron chi connectivity index (χ2n) is 36.1. The number of pyridine rings is 10. The molecule has 0 atom stereocenters. The van der Waals surface area contributed by atoms with Gasteiger partial charge in [0.2, 0.25) is 0 Å². The standard InChI is InChI=1S/C36H28N2.C32H28N2.C26H24N2.C24H20N2.C12H12N2/c1-25-11-9-17-29(19-25)33-21-31(27-13-5-3-6-14-27)23-35(37-33)36-24-32(28-15-7-4-8-16-28)22-34(38-36)30-18-10-12-26(2)20-30;1-21-12-16-25(17-13-21)26-18-15-24(4)28(20-26)30-8-6-10-32(34-30)31-9-5-7-29(33-31)27-19-22(2)11-14-23(27)3;1-17-11-13-19(3)21(15-17)23-7-5-9-25(27-23)26-10-6-8-24(28-26)22-16-18(2)12-14-20(22)4;1-17-12-13-18(2)21(15-17)19-7-5-8-20(16-19)22-10-6-11-24(26-22)23-9-3-4-14-25-23;1-9-5-3-7-11(13-9)12-8-4-6-10(2)14-12/h3-24H,1-2H3;5-20H,1-4H3;5-16H,1-4H3;3-16H,1-2H3;3-8H,1-2H3. The van der Waals surface area contributed by atoms with Crippen LogP contribution in [0.3, 0.4) is 0 Å². The van der Waals surface area contributed by atoms with E-state index in [4.69, 9.17) is 34.9 Å². The number of nitrogens with zero attached hydrogens (tertiary/aromatic N) is 10. The molecule has 0 unspecified atom stereocenters. The van der Waals surface area contributed by atoms with E-state index in [0.29, 0.717) is 0 Å². The molecule has 10 heteroatoms. The van der Waals surface area contributed by atoms with E-state index in [1.54, 1.807) is 6.20 Å². The third-order valence-electron chi connectivity index (χ3n) is 24.8. The van der Waals surface area contributed by atoms with Crippen LogP contribution in [0.5, 0.6) is 0 Å². The summed E-state index contributed by atoms with van der Waals surface area (Å²) in [4.78, 5) is 48.3. The second kappa shape index (κ2) is 44.2. The van der Waals surface area contributed by atoms with E-state index in [9.17, 15) is 0 Å². The Kier molecular flexibility index (Phi) is 29.9. The highest BCUT2D eigenvalue weighted by molar-refractivity contribution is 5.83. The van der Waals surface area contributed by atoms with Crippen LogP contribution in [0.4, 0.5) is 0 Å². The van der Waals surface area contributed by atoms with Crippen LogP contribution in [0.2, 0.25) is 0 Å². The van der Waals surface area contributed by atoms with Crippen molar-refractivity contribution in [3.63, 3.8) is 0 Å². The average Bonchev–Trinajstić information content (AvgIpc) is 0.735. The second-order valence-corrected chi connectivity index (χ2v) is 36.1. The minimum atomic E-state index is 0.856. The van der Waals surface area contributed by atoms with E-state index in [-0.39, 0.29) is 0 Å². The summed E-state index contributed by atoms with van der Waals surface area (Å²) in [6.07, 6.45) is 1.80. The third kappa shape index (κ3) is 23.9. The molecule has 10 aromatic heterocycles. The first-order chi connectivity index (χ1) is 68.1. The van der Waals surface area contributed by atoms with Gasteiger partial charge in [-0.15, -0.1) is 0 Å². The first kappa shape index (κ1) is 94.7. The fraction of sp³-hybridized carbons (Fsp3) is 0.108. The lowest BCUT2D eigenvalue weighted by Gasteiger charge is -2.13. The summed E-state index contributed by atoms with van der Waals surface area (Å²) in [5.74, 6) is 0. The van der Waals surface area contributed by atoms with Gasteiger partial charge in [0.15, 0.2) is 0 Å². The van der Waals surface area contributed by atoms with Crippen molar-refractivity contribution < 1.29 is 0 Å². The molecule has 0 bridgehead atoms. The van der Waals surface area contributed by atoms with Crippen LogP contribution in [0.15, 0.2) is 425 Å². The number of benzene rings is 11. The summed E-state index contributed by atoms with van der Waals surface area (Å²) >= 11 is 0. The molecule has 140 heavy (non-hydrogen) atoms. The van der Waals surface area contributed by atoms with Crippen molar-refractivity contribution in [1.82, 2.24) is 49.8 Å². The van der Waals surface area contributed by atoms with Crippen molar-refractivity contribution in [3.05, 3.63) is 503 Å². The maximum atomic E-state index is 5.17. The zero-order valence-corrected chi connectivity index (χ0v) is 81.9. The highest BCUT2D eigenvalue weighted by Crippen LogP contribution is 2.39. The summed E-state index contributed by atoms with van der Waals surface area (Å²) < 4.78 is 0. The lowest BCUT2D eigenvalue weighted by molar-refractivity contribution is 1.15. The van der Waals surface area contributed by atoms with E-state index in [0.717, 1.165) is 153 Å². The average molecular weight is 1810 g/mol. The van der Waals surface area contributed by atoms with E-state index < -0.39 is 0 Å². The predicted octanol–water partition coefficient (Wildman–Crippen LogP) is 33.4. The molecule has 0 radical (unpaired) electrons. The molecule has 0 aliphatic heterocycles. The van der Waals surface area contributed by atoms with Gasteiger partial charge in [0.25, 0.3) is 0 Å². The molecular weight excluding hydrogens is 1700 g/mol. The van der Waals surface area contributed by atoms with Crippen molar-refractivity contribution in [3.8, 4) is 180 Å². The molecular formula is C130H112N10. The first-order valence-corrected chi connectivity index (χ1v) is 47.6. The first-order valence-electron chi connectivity index (χ1n) is 47.6. The molecule has 0 aliphatic carbocycles. The zero-order chi connectivity index (χ0) is 97.1. The number of rotatable bonds is 16. The highest BCUT2D eigenvalue weighted by Gasteiger charge is 2.19. The van der Waals surface area contributed by atoms with E-state index in [1.807, 2.05) is 117 Å². The van der Waals surface area contributed by atoms with Crippen molar-refractivity contribution in [2.45, 2.75) is 96.9 Å². The SMILES string of the molecule is Cc1ccc(-c2ccc(C)c(-c3cccc(-c4cccc(-c5cc(C)ccc5C)n4)n3)c2)cc1.Cc1ccc(C)c(-c2cccc(-c3cccc(-c4cc(C)ccc4C)n3)n2)c1.Cc1ccc(C)c(-c2cccc(-c3cccc(-c4ccccn4)n3)c2)c1.Cc1cccc(-c2cc(-c3ccccc3)cc(-c3cc(-c4ccccc4)cc(-c4cccc(C)c4)n3)n2)c1.Cc1cccc(-c2cccc(C)n2)n1. The molecule has 0 amide bonds. The van der Waals surface area contributed by atoms with Crippen LogP contribution in [-0.2, 0) is 0 Å². The Balaban J connectivity index is 0.000000124. The smallest absolute Gasteiger partial charge is 0.0900 e. The number of aryl methyl sites for hydroxylation is 14. The van der Waals surface area contributed by atoms with Crippen molar-refractivity contribution in [2.24, 2.45) is 0 Å².